The molecular formula is C24H29N5O2. The van der Waals surface area contributed by atoms with E-state index in [4.69, 9.17) is 15.5 Å². The van der Waals surface area contributed by atoms with Crippen LogP contribution in [0, 0.1) is 0 Å². The highest BCUT2D eigenvalue weighted by Crippen LogP contribution is 2.46. The number of primary amides is 1. The maximum atomic E-state index is 12.6. The summed E-state index contributed by atoms with van der Waals surface area (Å²) >= 11 is 0. The van der Waals surface area contributed by atoms with Crippen LogP contribution in [0.5, 0.6) is 5.75 Å². The highest BCUT2D eigenvalue weighted by Gasteiger charge is 2.55. The number of para-hydroxylation sites is 2. The van der Waals surface area contributed by atoms with E-state index in [1.165, 1.54) is 5.56 Å². The molecule has 3 saturated heterocycles. The number of benzene rings is 2. The minimum Gasteiger partial charge on any atom is -0.497 e. The van der Waals surface area contributed by atoms with Gasteiger partial charge in [0.1, 0.15) is 11.6 Å². The van der Waals surface area contributed by atoms with Crippen LogP contribution in [0.1, 0.15) is 30.1 Å². The average Bonchev–Trinajstić information content (AvgIpc) is 3.21. The number of amides is 2. The molecule has 3 atom stereocenters. The van der Waals surface area contributed by atoms with Gasteiger partial charge in [0.2, 0.25) is 0 Å². The zero-order valence-electron chi connectivity index (χ0n) is 18.0. The number of methoxy groups -OCH3 is 1. The SMILES string of the molecule is COc1ccc(C[C@@H](c2nc3ccccc3[nH]2)C23CCC(CN2C(N)=O)N(C)C3)cc1. The van der Waals surface area contributed by atoms with E-state index in [0.717, 1.165) is 48.4 Å². The number of ether oxygens (including phenoxy) is 1. The maximum absolute atomic E-state index is 12.6. The molecule has 3 aliphatic rings. The molecular weight excluding hydrogens is 390 g/mol. The number of nitrogens with one attached hydrogen (secondary N) is 1. The Kier molecular flexibility index (Phi) is 4.85. The Morgan fingerprint density at radius 2 is 2.06 bits per heavy atom. The molecule has 162 valence electrons. The zero-order chi connectivity index (χ0) is 21.6. The van der Waals surface area contributed by atoms with E-state index in [2.05, 4.69) is 29.1 Å². The monoisotopic (exact) mass is 419 g/mol. The topological polar surface area (TPSA) is 87.5 Å². The first-order valence-corrected chi connectivity index (χ1v) is 10.8. The molecule has 0 spiro atoms. The molecule has 0 aliphatic carbocycles. The third-order valence-corrected chi connectivity index (χ3v) is 7.24. The molecule has 0 saturated carbocycles. The van der Waals surface area contributed by atoms with Gasteiger partial charge in [-0.3, -0.25) is 4.90 Å². The van der Waals surface area contributed by atoms with Crippen molar-refractivity contribution in [2.75, 3.05) is 27.2 Å². The number of aromatic nitrogens is 2. The summed E-state index contributed by atoms with van der Waals surface area (Å²) in [7, 11) is 3.83. The third kappa shape index (κ3) is 3.33. The Hall–Kier alpha value is -3.06. The quantitative estimate of drug-likeness (QED) is 0.665. The summed E-state index contributed by atoms with van der Waals surface area (Å²) < 4.78 is 5.33. The number of urea groups is 1. The second-order valence-corrected chi connectivity index (χ2v) is 8.90. The molecule has 3 aliphatic heterocycles. The number of nitrogens with two attached hydrogens (primary N) is 1. The van der Waals surface area contributed by atoms with Crippen molar-refractivity contribution < 1.29 is 9.53 Å². The molecule has 6 rings (SSSR count). The van der Waals surface area contributed by atoms with E-state index >= 15 is 0 Å². The van der Waals surface area contributed by atoms with Crippen molar-refractivity contribution in [2.24, 2.45) is 5.73 Å². The van der Waals surface area contributed by atoms with Gasteiger partial charge >= 0.3 is 6.03 Å². The van der Waals surface area contributed by atoms with Crippen molar-refractivity contribution in [3.63, 3.8) is 0 Å². The Morgan fingerprint density at radius 1 is 1.29 bits per heavy atom. The van der Waals surface area contributed by atoms with Crippen LogP contribution in [0.2, 0.25) is 0 Å². The van der Waals surface area contributed by atoms with Crippen molar-refractivity contribution in [3.05, 3.63) is 59.9 Å². The predicted octanol–water partition coefficient (Wildman–Crippen LogP) is 3.13. The van der Waals surface area contributed by atoms with Crippen molar-refractivity contribution in [1.29, 1.82) is 0 Å². The smallest absolute Gasteiger partial charge is 0.315 e. The number of carbonyl (C=O) groups is 1. The van der Waals surface area contributed by atoms with Gasteiger partial charge in [0, 0.05) is 25.0 Å². The van der Waals surface area contributed by atoms with E-state index in [9.17, 15) is 4.79 Å². The number of nitrogens with zero attached hydrogens (tertiary/aromatic N) is 3. The second kappa shape index (κ2) is 7.57. The van der Waals surface area contributed by atoms with Gasteiger partial charge in [-0.05, 0) is 56.1 Å². The van der Waals surface area contributed by atoms with Crippen molar-refractivity contribution in [1.82, 2.24) is 19.8 Å². The van der Waals surface area contributed by atoms with E-state index in [0.29, 0.717) is 12.6 Å². The van der Waals surface area contributed by atoms with E-state index in [1.54, 1.807) is 7.11 Å². The number of carbonyl (C=O) groups excluding carboxylic acids is 1. The van der Waals surface area contributed by atoms with Gasteiger partial charge in [0.15, 0.2) is 0 Å². The number of piperidine rings is 2. The summed E-state index contributed by atoms with van der Waals surface area (Å²) in [6.07, 6.45) is 2.73. The zero-order valence-corrected chi connectivity index (χ0v) is 18.0. The number of imidazole rings is 1. The fraction of sp³-hybridized carbons (Fsp3) is 0.417. The number of fused-ring (bicyclic) bond motifs is 4. The normalized spacial score (nSPS) is 24.5. The Labute approximate surface area is 182 Å². The summed E-state index contributed by atoms with van der Waals surface area (Å²) in [6.45, 7) is 1.46. The average molecular weight is 420 g/mol. The second-order valence-electron chi connectivity index (χ2n) is 8.90. The largest absolute Gasteiger partial charge is 0.497 e. The van der Waals surface area contributed by atoms with Crippen LogP contribution in [0.15, 0.2) is 48.5 Å². The first-order valence-electron chi connectivity index (χ1n) is 10.8. The number of aromatic amines is 1. The van der Waals surface area contributed by atoms with Crippen molar-refractivity contribution >= 4 is 17.1 Å². The van der Waals surface area contributed by atoms with Gasteiger partial charge in [-0.1, -0.05) is 24.3 Å². The molecule has 31 heavy (non-hydrogen) atoms. The van der Waals surface area contributed by atoms with Crippen LogP contribution in [-0.4, -0.2) is 64.6 Å². The van der Waals surface area contributed by atoms with Crippen molar-refractivity contribution in [2.45, 2.75) is 36.8 Å². The molecule has 7 nitrogen and oxygen atoms in total. The van der Waals surface area contributed by atoms with Crippen LogP contribution in [-0.2, 0) is 6.42 Å². The Balaban J connectivity index is 1.62. The first-order chi connectivity index (χ1) is 15.0. The summed E-state index contributed by atoms with van der Waals surface area (Å²) in [5.74, 6) is 1.74. The van der Waals surface area contributed by atoms with Crippen LogP contribution in [0.3, 0.4) is 0 Å². The summed E-state index contributed by atoms with van der Waals surface area (Å²) in [6, 6.07) is 16.3. The van der Waals surface area contributed by atoms with Gasteiger partial charge in [-0.2, -0.15) is 0 Å². The lowest BCUT2D eigenvalue weighted by Gasteiger charge is -2.60. The lowest BCUT2D eigenvalue weighted by Crippen LogP contribution is -2.73. The van der Waals surface area contributed by atoms with Gasteiger partial charge in [0.25, 0.3) is 0 Å². The van der Waals surface area contributed by atoms with E-state index in [1.807, 2.05) is 41.3 Å². The van der Waals surface area contributed by atoms with Gasteiger partial charge in [-0.15, -0.1) is 0 Å². The molecule has 4 heterocycles. The number of piperazine rings is 1. The molecule has 0 radical (unpaired) electrons. The highest BCUT2D eigenvalue weighted by molar-refractivity contribution is 5.76. The number of hydrogen-bond acceptors (Lipinski definition) is 4. The molecule has 3 N–H and O–H groups in total. The maximum Gasteiger partial charge on any atom is 0.315 e. The van der Waals surface area contributed by atoms with E-state index in [-0.39, 0.29) is 11.9 Å². The fourth-order valence-electron chi connectivity index (χ4n) is 5.58. The highest BCUT2D eigenvalue weighted by atomic mass is 16.5. The van der Waals surface area contributed by atoms with Gasteiger partial charge in [-0.25, -0.2) is 9.78 Å². The number of hydrogen-bond donors (Lipinski definition) is 2. The summed E-state index contributed by atoms with van der Waals surface area (Å²) in [5.41, 5.74) is 8.66. The summed E-state index contributed by atoms with van der Waals surface area (Å²) in [5, 5.41) is 0. The third-order valence-electron chi connectivity index (χ3n) is 7.24. The lowest BCUT2D eigenvalue weighted by molar-refractivity contribution is -0.0629. The molecule has 7 heteroatoms. The Morgan fingerprint density at radius 3 is 2.74 bits per heavy atom. The Bertz CT molecular complexity index is 1060. The van der Waals surface area contributed by atoms with Crippen molar-refractivity contribution in [3.8, 4) is 5.75 Å². The van der Waals surface area contributed by atoms with Gasteiger partial charge < -0.3 is 20.4 Å². The fourth-order valence-corrected chi connectivity index (χ4v) is 5.58. The molecule has 1 aromatic heterocycles. The molecule has 2 bridgehead atoms. The standard InChI is InChI=1S/C24H29N5O2/c1-28-15-24(12-11-17(28)14-29(24)23(25)30)19(13-16-7-9-18(31-2)10-8-16)22-26-20-5-3-4-6-21(20)27-22/h3-10,17,19H,11-15H2,1-2H3,(H2,25,30)(H,26,27)/t17?,19-,24?/m0/s1. The number of H-pyrrole nitrogens is 1. The molecule has 3 aromatic rings. The van der Waals surface area contributed by atoms with E-state index < -0.39 is 5.54 Å². The van der Waals surface area contributed by atoms with Crippen LogP contribution < -0.4 is 10.5 Å². The number of rotatable bonds is 5. The first kappa shape index (κ1) is 19.9. The van der Waals surface area contributed by atoms with Crippen LogP contribution >= 0.6 is 0 Å². The minimum atomic E-state index is -0.400. The van der Waals surface area contributed by atoms with Gasteiger partial charge in [0.05, 0.1) is 23.7 Å². The van der Waals surface area contributed by atoms with Crippen LogP contribution in [0.25, 0.3) is 11.0 Å². The minimum absolute atomic E-state index is 0.00973. The lowest BCUT2D eigenvalue weighted by atomic mass is 9.68. The molecule has 2 amide bonds. The molecule has 2 aromatic carbocycles. The number of likely N-dealkylation sites (N-methyl/N-ethyl adjacent to an activating group) is 1. The molecule has 3 fully saturated rings. The van der Waals surface area contributed by atoms with Crippen LogP contribution in [0.4, 0.5) is 4.79 Å². The molecule has 2 unspecified atom stereocenters. The predicted molar refractivity (Wildman–Crippen MR) is 120 cm³/mol. The summed E-state index contributed by atoms with van der Waals surface area (Å²) in [4.78, 5) is 25.4.